The van der Waals surface area contributed by atoms with Crippen LogP contribution in [0, 0.1) is 17.0 Å². The van der Waals surface area contributed by atoms with Gasteiger partial charge in [-0.3, -0.25) is 0 Å². The molecule has 0 heterocycles. The molecule has 96 valence electrons. The predicted octanol–water partition coefficient (Wildman–Crippen LogP) is 4.34. The minimum Gasteiger partial charge on any atom is -0.488 e. The van der Waals surface area contributed by atoms with Gasteiger partial charge in [-0.05, 0) is 31.7 Å². The number of halogens is 2. The lowest BCUT2D eigenvalue weighted by molar-refractivity contribution is 0.225. The zero-order valence-electron chi connectivity index (χ0n) is 11.1. The van der Waals surface area contributed by atoms with Crippen LogP contribution in [0.5, 0.6) is 5.75 Å². The molecule has 0 N–H and O–H groups in total. The molecule has 0 aliphatic carbocycles. The second-order valence-electron chi connectivity index (χ2n) is 5.78. The molecule has 0 saturated carbocycles. The van der Waals surface area contributed by atoms with Gasteiger partial charge in [0.2, 0.25) is 0 Å². The van der Waals surface area contributed by atoms with Gasteiger partial charge in [0.15, 0.2) is 11.6 Å². The summed E-state index contributed by atoms with van der Waals surface area (Å²) in [6.45, 7) is 9.71. The summed E-state index contributed by atoms with van der Waals surface area (Å²) in [5, 5.41) is 0. The molecule has 17 heavy (non-hydrogen) atoms. The first kappa shape index (κ1) is 13.9. The van der Waals surface area contributed by atoms with Crippen LogP contribution in [0.25, 0.3) is 0 Å². The molecular formula is C14H20F2O. The van der Waals surface area contributed by atoms with Gasteiger partial charge < -0.3 is 4.74 Å². The first-order chi connectivity index (χ1) is 7.69. The van der Waals surface area contributed by atoms with E-state index in [0.717, 1.165) is 6.07 Å². The Morgan fingerprint density at radius 3 is 2.24 bits per heavy atom. The fourth-order valence-electron chi connectivity index (χ4n) is 1.68. The average molecular weight is 242 g/mol. The van der Waals surface area contributed by atoms with E-state index in [0.29, 0.717) is 12.0 Å². The third-order valence-electron chi connectivity index (χ3n) is 2.16. The molecule has 0 bridgehead atoms. The second-order valence-corrected chi connectivity index (χ2v) is 5.78. The molecule has 1 rings (SSSR count). The van der Waals surface area contributed by atoms with Crippen LogP contribution in [0.1, 0.15) is 40.2 Å². The van der Waals surface area contributed by atoms with E-state index in [1.807, 2.05) is 34.6 Å². The van der Waals surface area contributed by atoms with E-state index in [1.165, 1.54) is 6.07 Å². The van der Waals surface area contributed by atoms with E-state index in [9.17, 15) is 8.78 Å². The highest BCUT2D eigenvalue weighted by Crippen LogP contribution is 2.31. The topological polar surface area (TPSA) is 9.23 Å². The number of ether oxygens (including phenoxy) is 1. The molecule has 0 fully saturated rings. The summed E-state index contributed by atoms with van der Waals surface area (Å²) in [5.41, 5.74) is 0.540. The van der Waals surface area contributed by atoms with Crippen LogP contribution in [0.3, 0.4) is 0 Å². The van der Waals surface area contributed by atoms with E-state index in [2.05, 4.69) is 0 Å². The van der Waals surface area contributed by atoms with Crippen LogP contribution in [0.15, 0.2) is 12.1 Å². The smallest absolute Gasteiger partial charge is 0.168 e. The van der Waals surface area contributed by atoms with Gasteiger partial charge in [0.05, 0.1) is 6.10 Å². The van der Waals surface area contributed by atoms with Crippen molar-refractivity contribution in [2.75, 3.05) is 0 Å². The molecular weight excluding hydrogens is 222 g/mol. The van der Waals surface area contributed by atoms with Gasteiger partial charge in [0.1, 0.15) is 5.82 Å². The molecule has 0 atom stereocenters. The van der Waals surface area contributed by atoms with Crippen LogP contribution in [0.2, 0.25) is 0 Å². The van der Waals surface area contributed by atoms with Crippen molar-refractivity contribution in [1.82, 2.24) is 0 Å². The Bertz CT molecular complexity index is 392. The third-order valence-corrected chi connectivity index (χ3v) is 2.16. The van der Waals surface area contributed by atoms with Crippen LogP contribution in [0.4, 0.5) is 8.78 Å². The minimum atomic E-state index is -0.627. The fourth-order valence-corrected chi connectivity index (χ4v) is 1.68. The van der Waals surface area contributed by atoms with Crippen LogP contribution < -0.4 is 4.74 Å². The monoisotopic (exact) mass is 242 g/mol. The number of benzene rings is 1. The Hall–Kier alpha value is -1.12. The minimum absolute atomic E-state index is 0.0463. The molecule has 3 heteroatoms. The fraction of sp³-hybridized carbons (Fsp3) is 0.571. The highest BCUT2D eigenvalue weighted by molar-refractivity contribution is 5.36. The van der Waals surface area contributed by atoms with Crippen molar-refractivity contribution < 1.29 is 13.5 Å². The van der Waals surface area contributed by atoms with Crippen molar-refractivity contribution in [2.24, 2.45) is 5.41 Å². The van der Waals surface area contributed by atoms with Crippen LogP contribution in [-0.2, 0) is 6.42 Å². The van der Waals surface area contributed by atoms with Gasteiger partial charge in [0, 0.05) is 11.6 Å². The van der Waals surface area contributed by atoms with Crippen molar-refractivity contribution in [3.63, 3.8) is 0 Å². The number of rotatable bonds is 3. The van der Waals surface area contributed by atoms with E-state index >= 15 is 0 Å². The highest BCUT2D eigenvalue weighted by Gasteiger charge is 2.19. The van der Waals surface area contributed by atoms with Gasteiger partial charge >= 0.3 is 0 Å². The summed E-state index contributed by atoms with van der Waals surface area (Å²) in [4.78, 5) is 0. The third kappa shape index (κ3) is 4.33. The lowest BCUT2D eigenvalue weighted by atomic mass is 9.87. The maximum atomic E-state index is 13.7. The Kier molecular flexibility index (Phi) is 4.12. The van der Waals surface area contributed by atoms with Crippen molar-refractivity contribution in [2.45, 2.75) is 47.1 Å². The molecule has 0 spiro atoms. The second kappa shape index (κ2) is 5.03. The summed E-state index contributed by atoms with van der Waals surface area (Å²) in [7, 11) is 0. The van der Waals surface area contributed by atoms with E-state index in [4.69, 9.17) is 4.74 Å². The summed E-state index contributed by atoms with van der Waals surface area (Å²) < 4.78 is 32.3. The Morgan fingerprint density at radius 2 is 1.76 bits per heavy atom. The maximum absolute atomic E-state index is 13.7. The van der Waals surface area contributed by atoms with E-state index in [1.54, 1.807) is 0 Å². The number of hydrogen-bond acceptors (Lipinski definition) is 1. The maximum Gasteiger partial charge on any atom is 0.168 e. The first-order valence-electron chi connectivity index (χ1n) is 5.83. The van der Waals surface area contributed by atoms with Gasteiger partial charge in [-0.25, -0.2) is 8.78 Å². The van der Waals surface area contributed by atoms with Gasteiger partial charge in [-0.15, -0.1) is 0 Å². The van der Waals surface area contributed by atoms with E-state index in [-0.39, 0.29) is 17.3 Å². The summed E-state index contributed by atoms with van der Waals surface area (Å²) >= 11 is 0. The van der Waals surface area contributed by atoms with Crippen molar-refractivity contribution in [1.29, 1.82) is 0 Å². The summed E-state index contributed by atoms with van der Waals surface area (Å²) in [6.07, 6.45) is 0.442. The van der Waals surface area contributed by atoms with Gasteiger partial charge in [-0.1, -0.05) is 20.8 Å². The SMILES string of the molecule is CC(C)Oc1c(F)cc(F)cc1CC(C)(C)C. The average Bonchev–Trinajstić information content (AvgIpc) is 2.07. The lowest BCUT2D eigenvalue weighted by Crippen LogP contribution is -2.14. The molecule has 0 aromatic heterocycles. The van der Waals surface area contributed by atoms with Gasteiger partial charge in [-0.2, -0.15) is 0 Å². The molecule has 0 amide bonds. The standard InChI is InChI=1S/C14H20F2O/c1-9(2)17-13-10(8-14(3,4)5)6-11(15)7-12(13)16/h6-7,9H,8H2,1-5H3. The predicted molar refractivity (Wildman–Crippen MR) is 65.3 cm³/mol. The quantitative estimate of drug-likeness (QED) is 0.766. The number of hydrogen-bond donors (Lipinski definition) is 0. The lowest BCUT2D eigenvalue weighted by Gasteiger charge is -2.22. The zero-order chi connectivity index (χ0) is 13.2. The Balaban J connectivity index is 3.15. The van der Waals surface area contributed by atoms with Crippen LogP contribution in [-0.4, -0.2) is 6.10 Å². The molecule has 1 aromatic rings. The largest absolute Gasteiger partial charge is 0.488 e. The Labute approximate surface area is 102 Å². The molecule has 1 nitrogen and oxygen atoms in total. The normalized spacial score (nSPS) is 12.0. The molecule has 1 aromatic carbocycles. The molecule has 0 unspecified atom stereocenters. The first-order valence-corrected chi connectivity index (χ1v) is 5.83. The molecule has 0 radical (unpaired) electrons. The van der Waals surface area contributed by atoms with Crippen molar-refractivity contribution in [3.8, 4) is 5.75 Å². The van der Waals surface area contributed by atoms with Crippen molar-refractivity contribution >= 4 is 0 Å². The van der Waals surface area contributed by atoms with Crippen molar-refractivity contribution in [3.05, 3.63) is 29.3 Å². The summed E-state index contributed by atoms with van der Waals surface area (Å²) in [5.74, 6) is -1.01. The molecule has 0 saturated heterocycles. The summed E-state index contributed by atoms with van der Waals surface area (Å²) in [6, 6.07) is 2.22. The molecule has 0 aliphatic rings. The van der Waals surface area contributed by atoms with Gasteiger partial charge in [0.25, 0.3) is 0 Å². The van der Waals surface area contributed by atoms with Crippen LogP contribution >= 0.6 is 0 Å². The zero-order valence-corrected chi connectivity index (χ0v) is 11.1. The molecule has 0 aliphatic heterocycles. The van der Waals surface area contributed by atoms with E-state index < -0.39 is 11.6 Å². The Morgan fingerprint density at radius 1 is 1.18 bits per heavy atom. The highest BCUT2D eigenvalue weighted by atomic mass is 19.1.